The van der Waals surface area contributed by atoms with Gasteiger partial charge in [0, 0.05) is 11.3 Å². The Morgan fingerprint density at radius 3 is 2.68 bits per heavy atom. The second-order valence-corrected chi connectivity index (χ2v) is 8.11. The number of benzene rings is 2. The summed E-state index contributed by atoms with van der Waals surface area (Å²) in [5.41, 5.74) is 4.23. The lowest BCUT2D eigenvalue weighted by Gasteiger charge is -2.16. The number of nitrogen functional groups attached to an aromatic ring is 1. The van der Waals surface area contributed by atoms with Crippen LogP contribution in [0.25, 0.3) is 16.8 Å². The summed E-state index contributed by atoms with van der Waals surface area (Å²) in [7, 11) is 5.80. The molecule has 34 heavy (non-hydrogen) atoms. The van der Waals surface area contributed by atoms with Crippen molar-refractivity contribution in [2.45, 2.75) is 18.5 Å². The predicted molar refractivity (Wildman–Crippen MR) is 123 cm³/mol. The van der Waals surface area contributed by atoms with Gasteiger partial charge in [-0.3, -0.25) is 9.20 Å². The van der Waals surface area contributed by atoms with Gasteiger partial charge in [0.2, 0.25) is 0 Å². The highest BCUT2D eigenvalue weighted by molar-refractivity contribution is 6.30. The normalized spacial score (nSPS) is 14.1. The predicted octanol–water partition coefficient (Wildman–Crippen LogP) is 2.92. The van der Waals surface area contributed by atoms with E-state index in [1.54, 1.807) is 0 Å². The number of nitrogens with zero attached hydrogens (tertiary/aromatic N) is 3. The van der Waals surface area contributed by atoms with E-state index in [-0.39, 0.29) is 44.8 Å². The van der Waals surface area contributed by atoms with Crippen molar-refractivity contribution in [2.75, 3.05) is 11.1 Å². The molecule has 5 N–H and O–H groups in total. The van der Waals surface area contributed by atoms with Gasteiger partial charge < -0.3 is 21.3 Å². The second kappa shape index (κ2) is 8.67. The fraction of sp³-hybridized carbons (Fsp3) is 0.136. The number of rotatable bonds is 5. The minimum atomic E-state index is -1.93. The first kappa shape index (κ1) is 23.6. The standard InChI is InChI=1S/C22H17BClF2N5O3/c1-22(23,34)21-30-16(17-19(27)28-9-15(24)31(17)21)13-6-5-12(8-14(13)26)29-20(33)18(32)10-3-2-4-11(25)7-10/h2-9,18,32,34H,1H3,(H2,27,28)(H,29,33). The summed E-state index contributed by atoms with van der Waals surface area (Å²) in [6.45, 7) is 1.28. The monoisotopic (exact) mass is 483 g/mol. The number of nitrogens with one attached hydrogen (secondary N) is 1. The maximum Gasteiger partial charge on any atom is 0.257 e. The molecule has 1 amide bonds. The van der Waals surface area contributed by atoms with Gasteiger partial charge >= 0.3 is 0 Å². The Balaban J connectivity index is 1.71. The van der Waals surface area contributed by atoms with Crippen LogP contribution in [-0.2, 0) is 10.3 Å². The fourth-order valence-electron chi connectivity index (χ4n) is 3.46. The number of aromatic nitrogens is 3. The highest BCUT2D eigenvalue weighted by Crippen LogP contribution is 2.35. The second-order valence-electron chi connectivity index (χ2n) is 7.72. The average Bonchev–Trinajstić information content (AvgIpc) is 3.18. The van der Waals surface area contributed by atoms with Crippen molar-refractivity contribution in [3.05, 3.63) is 76.8 Å². The van der Waals surface area contributed by atoms with Gasteiger partial charge in [0.05, 0.1) is 11.7 Å². The molecule has 0 bridgehead atoms. The highest BCUT2D eigenvalue weighted by atomic mass is 35.5. The van der Waals surface area contributed by atoms with Crippen molar-refractivity contribution in [3.8, 4) is 11.3 Å². The molecule has 12 heteroatoms. The first-order chi connectivity index (χ1) is 16.0. The van der Waals surface area contributed by atoms with Crippen molar-refractivity contribution in [3.63, 3.8) is 0 Å². The molecule has 0 fully saturated rings. The van der Waals surface area contributed by atoms with E-state index in [9.17, 15) is 19.4 Å². The molecule has 2 heterocycles. The van der Waals surface area contributed by atoms with Crippen LogP contribution in [0.15, 0.2) is 48.7 Å². The minimum absolute atomic E-state index is 0.0170. The summed E-state index contributed by atoms with van der Waals surface area (Å²) < 4.78 is 29.8. The SMILES string of the molecule is [B]C(C)(O)c1nc(-c2ccc(NC(=O)C(O)c3cccc(F)c3)cc2F)c2c(N)ncc(Cl)n12. The third kappa shape index (κ3) is 4.32. The van der Waals surface area contributed by atoms with E-state index in [2.05, 4.69) is 15.3 Å². The summed E-state index contributed by atoms with van der Waals surface area (Å²) in [6.07, 6.45) is -0.429. The van der Waals surface area contributed by atoms with Crippen LogP contribution in [0, 0.1) is 11.6 Å². The molecule has 0 aliphatic heterocycles. The summed E-state index contributed by atoms with van der Waals surface area (Å²) in [5, 5.41) is 22.9. The topological polar surface area (TPSA) is 126 Å². The van der Waals surface area contributed by atoms with Crippen LogP contribution in [0.5, 0.6) is 0 Å². The molecule has 0 aliphatic carbocycles. The molecular formula is C22H17BClF2N5O3. The maximum atomic E-state index is 15.1. The number of aliphatic hydroxyl groups is 2. The van der Waals surface area contributed by atoms with Crippen molar-refractivity contribution < 1.29 is 23.8 Å². The van der Waals surface area contributed by atoms with Crippen LogP contribution >= 0.6 is 11.6 Å². The zero-order valence-electron chi connectivity index (χ0n) is 17.6. The van der Waals surface area contributed by atoms with Gasteiger partial charge in [-0.05, 0) is 42.8 Å². The highest BCUT2D eigenvalue weighted by Gasteiger charge is 2.28. The lowest BCUT2D eigenvalue weighted by Crippen LogP contribution is -2.24. The van der Waals surface area contributed by atoms with Crippen LogP contribution in [0.2, 0.25) is 5.15 Å². The average molecular weight is 484 g/mol. The zero-order chi connectivity index (χ0) is 24.8. The number of halogens is 3. The lowest BCUT2D eigenvalue weighted by molar-refractivity contribution is -0.124. The molecule has 2 aromatic heterocycles. The van der Waals surface area contributed by atoms with Crippen LogP contribution in [0.4, 0.5) is 20.3 Å². The molecule has 0 saturated carbocycles. The number of hydrogen-bond acceptors (Lipinski definition) is 6. The number of nitrogens with two attached hydrogens (primary N) is 1. The van der Waals surface area contributed by atoms with Crippen molar-refractivity contribution in [1.82, 2.24) is 14.4 Å². The summed E-state index contributed by atoms with van der Waals surface area (Å²) in [4.78, 5) is 20.6. The summed E-state index contributed by atoms with van der Waals surface area (Å²) in [5.74, 6) is -2.42. The largest absolute Gasteiger partial charge is 0.392 e. The van der Waals surface area contributed by atoms with Crippen molar-refractivity contribution >= 4 is 42.4 Å². The van der Waals surface area contributed by atoms with E-state index in [4.69, 9.17) is 25.2 Å². The molecule has 0 aliphatic rings. The van der Waals surface area contributed by atoms with Gasteiger partial charge in [-0.15, -0.1) is 0 Å². The Morgan fingerprint density at radius 2 is 2.03 bits per heavy atom. The van der Waals surface area contributed by atoms with Gasteiger partial charge in [-0.25, -0.2) is 18.7 Å². The number of anilines is 2. The van der Waals surface area contributed by atoms with Crippen LogP contribution in [0.1, 0.15) is 24.4 Å². The molecule has 4 rings (SSSR count). The smallest absolute Gasteiger partial charge is 0.257 e. The molecule has 2 aromatic carbocycles. The van der Waals surface area contributed by atoms with Gasteiger partial charge in [0.15, 0.2) is 6.10 Å². The zero-order valence-corrected chi connectivity index (χ0v) is 18.4. The number of imidazole rings is 1. The Hall–Kier alpha value is -3.54. The molecule has 2 radical (unpaired) electrons. The van der Waals surface area contributed by atoms with Gasteiger partial charge in [-0.1, -0.05) is 23.7 Å². The van der Waals surface area contributed by atoms with Gasteiger partial charge in [0.25, 0.3) is 5.91 Å². The van der Waals surface area contributed by atoms with Gasteiger partial charge in [0.1, 0.15) is 47.5 Å². The number of carbonyl (C=O) groups excluding carboxylic acids is 1. The fourth-order valence-corrected chi connectivity index (χ4v) is 3.67. The molecule has 4 aromatic rings. The van der Waals surface area contributed by atoms with E-state index >= 15 is 4.39 Å². The number of carbonyl (C=O) groups is 1. The van der Waals surface area contributed by atoms with E-state index in [1.165, 1.54) is 47.9 Å². The number of amides is 1. The Bertz CT molecular complexity index is 1420. The molecule has 2 unspecified atom stereocenters. The molecular weight excluding hydrogens is 467 g/mol. The Morgan fingerprint density at radius 1 is 1.29 bits per heavy atom. The number of aliphatic hydroxyl groups excluding tert-OH is 1. The van der Waals surface area contributed by atoms with Crippen LogP contribution in [-0.4, -0.2) is 38.3 Å². The number of hydrogen-bond donors (Lipinski definition) is 4. The van der Waals surface area contributed by atoms with Crippen molar-refractivity contribution in [2.24, 2.45) is 0 Å². The molecule has 0 spiro atoms. The van der Waals surface area contributed by atoms with E-state index in [1.807, 2.05) is 0 Å². The third-order valence-corrected chi connectivity index (χ3v) is 5.27. The molecule has 8 nitrogen and oxygen atoms in total. The quantitative estimate of drug-likeness (QED) is 0.323. The summed E-state index contributed by atoms with van der Waals surface area (Å²) >= 11 is 6.20. The van der Waals surface area contributed by atoms with Crippen LogP contribution in [0.3, 0.4) is 0 Å². The van der Waals surface area contributed by atoms with E-state index in [0.717, 1.165) is 12.1 Å². The Kier molecular flexibility index (Phi) is 6.02. The molecule has 0 saturated heterocycles. The van der Waals surface area contributed by atoms with E-state index < -0.39 is 29.1 Å². The van der Waals surface area contributed by atoms with E-state index in [0.29, 0.717) is 0 Å². The maximum absolute atomic E-state index is 15.1. The molecule has 2 atom stereocenters. The molecule has 172 valence electrons. The number of fused-ring (bicyclic) bond motifs is 1. The minimum Gasteiger partial charge on any atom is -0.392 e. The van der Waals surface area contributed by atoms with Crippen LogP contribution < -0.4 is 11.1 Å². The third-order valence-electron chi connectivity index (χ3n) is 5.00. The summed E-state index contributed by atoms with van der Waals surface area (Å²) in [6, 6.07) is 8.62. The first-order valence-electron chi connectivity index (χ1n) is 9.86. The van der Waals surface area contributed by atoms with Gasteiger partial charge in [-0.2, -0.15) is 0 Å². The van der Waals surface area contributed by atoms with Crippen molar-refractivity contribution in [1.29, 1.82) is 0 Å². The Labute approximate surface area is 198 Å². The lowest BCUT2D eigenvalue weighted by atomic mass is 9.83. The first-order valence-corrected chi connectivity index (χ1v) is 10.2.